The maximum absolute atomic E-state index is 11.8. The van der Waals surface area contributed by atoms with Gasteiger partial charge >= 0.3 is 6.92 Å². The minimum Gasteiger partial charge on any atom is -0.426 e. The van der Waals surface area contributed by atoms with Crippen LogP contribution in [0.25, 0.3) is 21.8 Å². The lowest BCUT2D eigenvalue weighted by atomic mass is 9.54. The zero-order valence-corrected chi connectivity index (χ0v) is 19.5. The Bertz CT molecular complexity index is 1190. The second-order valence-corrected chi connectivity index (χ2v) is 11.4. The van der Waals surface area contributed by atoms with Gasteiger partial charge in [0.05, 0.1) is 22.1 Å². The van der Waals surface area contributed by atoms with E-state index >= 15 is 0 Å². The number of carbonyl (C=O) groups excluding carboxylic acids is 1. The molecule has 3 aromatic rings. The molecule has 0 atom stereocenters. The van der Waals surface area contributed by atoms with E-state index in [0.29, 0.717) is 11.6 Å². The number of pyridine rings is 1. The third-order valence-electron chi connectivity index (χ3n) is 8.51. The quantitative estimate of drug-likeness (QED) is 0.420. The van der Waals surface area contributed by atoms with Crippen molar-refractivity contribution in [1.29, 1.82) is 0 Å². The van der Waals surface area contributed by atoms with Crippen LogP contribution < -0.4 is 10.8 Å². The smallest absolute Gasteiger partial charge is 0.328 e. The summed E-state index contributed by atoms with van der Waals surface area (Å²) in [6, 6.07) is 7.08. The Balaban J connectivity index is 1.43. The van der Waals surface area contributed by atoms with Gasteiger partial charge in [0.15, 0.2) is 6.29 Å². The summed E-state index contributed by atoms with van der Waals surface area (Å²) in [5.41, 5.74) is 3.66. The van der Waals surface area contributed by atoms with Crippen LogP contribution in [0.3, 0.4) is 0 Å². The lowest BCUT2D eigenvalue weighted by Crippen LogP contribution is -2.36. The minimum absolute atomic E-state index is 0.0752. The number of nitrogens with one attached hydrogen (secondary N) is 2. The fourth-order valence-corrected chi connectivity index (χ4v) is 5.48. The maximum Gasteiger partial charge on any atom is 0.328 e. The summed E-state index contributed by atoms with van der Waals surface area (Å²) >= 11 is 0. The summed E-state index contributed by atoms with van der Waals surface area (Å²) in [7, 11) is 0. The standard InChI is InChI=1S/C26H32BN3O2/c1-25(2)14-27(32-26(25,3)4)18-9-10-19-20(11-18)29-23-17(13-31)12-28-24(21(19)23)30-22(15-5-6-15)16-7-8-16/h9-13,15-16,22,29H,5-8,14H2,1-4H3,(H,28,30). The molecule has 3 heterocycles. The second kappa shape index (κ2) is 6.83. The Labute approximate surface area is 189 Å². The van der Waals surface area contributed by atoms with Crippen molar-refractivity contribution < 1.29 is 9.45 Å². The fourth-order valence-electron chi connectivity index (χ4n) is 5.48. The van der Waals surface area contributed by atoms with Gasteiger partial charge in [0.25, 0.3) is 0 Å². The van der Waals surface area contributed by atoms with Gasteiger partial charge < -0.3 is 15.0 Å². The molecule has 166 valence electrons. The lowest BCUT2D eigenvalue weighted by Gasteiger charge is -2.34. The molecule has 2 saturated carbocycles. The molecule has 0 bridgehead atoms. The SMILES string of the molecule is CC1(C)CB(c2ccc3c(c2)[nH]c2c(C=O)cnc(NC(C4CC4)C4CC4)c23)OC1(C)C. The van der Waals surface area contributed by atoms with Crippen LogP contribution >= 0.6 is 0 Å². The van der Waals surface area contributed by atoms with Crippen LogP contribution in [-0.4, -0.2) is 34.8 Å². The number of aromatic nitrogens is 2. The zero-order chi connectivity index (χ0) is 22.3. The summed E-state index contributed by atoms with van der Waals surface area (Å²) < 4.78 is 6.47. The lowest BCUT2D eigenvalue weighted by molar-refractivity contribution is 0.0375. The Morgan fingerprint density at radius 1 is 1.19 bits per heavy atom. The van der Waals surface area contributed by atoms with E-state index in [1.807, 2.05) is 0 Å². The summed E-state index contributed by atoms with van der Waals surface area (Å²) in [5.74, 6) is 2.45. The highest BCUT2D eigenvalue weighted by Gasteiger charge is 2.49. The number of aromatic amines is 1. The van der Waals surface area contributed by atoms with Crippen LogP contribution in [0.5, 0.6) is 0 Å². The molecule has 1 aromatic carbocycles. The van der Waals surface area contributed by atoms with E-state index in [4.69, 9.17) is 9.64 Å². The molecule has 6 heteroatoms. The van der Waals surface area contributed by atoms with Crippen molar-refractivity contribution in [2.24, 2.45) is 17.3 Å². The number of nitrogens with zero attached hydrogens (tertiary/aromatic N) is 1. The number of hydrogen-bond donors (Lipinski definition) is 2. The van der Waals surface area contributed by atoms with Crippen molar-refractivity contribution in [3.63, 3.8) is 0 Å². The number of benzene rings is 1. The topological polar surface area (TPSA) is 67.0 Å². The molecule has 5 nitrogen and oxygen atoms in total. The molecule has 0 amide bonds. The largest absolute Gasteiger partial charge is 0.426 e. The van der Waals surface area contributed by atoms with Gasteiger partial charge in [0.1, 0.15) is 5.82 Å². The first kappa shape index (κ1) is 20.3. The molecule has 6 rings (SSSR count). The molecule has 0 radical (unpaired) electrons. The monoisotopic (exact) mass is 429 g/mol. The van der Waals surface area contributed by atoms with Crippen molar-refractivity contribution in [2.45, 2.75) is 71.3 Å². The zero-order valence-electron chi connectivity index (χ0n) is 19.5. The molecule has 2 aromatic heterocycles. The van der Waals surface area contributed by atoms with Gasteiger partial charge in [0.2, 0.25) is 0 Å². The van der Waals surface area contributed by atoms with E-state index in [1.165, 1.54) is 31.1 Å². The van der Waals surface area contributed by atoms with E-state index in [9.17, 15) is 4.79 Å². The first-order chi connectivity index (χ1) is 15.3. The number of anilines is 1. The normalized spacial score (nSPS) is 22.2. The molecule has 0 spiro atoms. The molecule has 3 aliphatic rings. The summed E-state index contributed by atoms with van der Waals surface area (Å²) in [5, 5.41) is 5.95. The van der Waals surface area contributed by atoms with Crippen LogP contribution in [0.1, 0.15) is 63.7 Å². The molecular formula is C26H32BN3O2. The molecule has 32 heavy (non-hydrogen) atoms. The minimum atomic E-state index is -0.167. The number of hydrogen-bond acceptors (Lipinski definition) is 4. The van der Waals surface area contributed by atoms with Crippen molar-refractivity contribution in [3.05, 3.63) is 30.0 Å². The first-order valence-corrected chi connectivity index (χ1v) is 12.1. The number of aldehydes is 1. The summed E-state index contributed by atoms with van der Waals surface area (Å²) in [4.78, 5) is 20.0. The summed E-state index contributed by atoms with van der Waals surface area (Å²) in [6.07, 6.45) is 8.86. The number of fused-ring (bicyclic) bond motifs is 3. The molecule has 2 N–H and O–H groups in total. The van der Waals surface area contributed by atoms with Gasteiger partial charge in [-0.15, -0.1) is 0 Å². The molecule has 1 saturated heterocycles. The Morgan fingerprint density at radius 2 is 1.91 bits per heavy atom. The van der Waals surface area contributed by atoms with Gasteiger partial charge in [-0.25, -0.2) is 4.98 Å². The van der Waals surface area contributed by atoms with Crippen LogP contribution in [0.15, 0.2) is 24.4 Å². The van der Waals surface area contributed by atoms with E-state index in [-0.39, 0.29) is 17.9 Å². The maximum atomic E-state index is 11.8. The number of rotatable bonds is 6. The number of H-pyrrole nitrogens is 1. The van der Waals surface area contributed by atoms with Gasteiger partial charge in [-0.1, -0.05) is 26.0 Å². The fraction of sp³-hybridized carbons (Fsp3) is 0.538. The van der Waals surface area contributed by atoms with Gasteiger partial charge in [0, 0.05) is 23.1 Å². The third kappa shape index (κ3) is 3.18. The predicted molar refractivity (Wildman–Crippen MR) is 131 cm³/mol. The van der Waals surface area contributed by atoms with Crippen LogP contribution in [0.2, 0.25) is 6.32 Å². The Hall–Kier alpha value is -2.34. The highest BCUT2D eigenvalue weighted by molar-refractivity contribution is 6.68. The number of carbonyl (C=O) groups is 1. The third-order valence-corrected chi connectivity index (χ3v) is 8.51. The molecular weight excluding hydrogens is 397 g/mol. The van der Waals surface area contributed by atoms with E-state index in [2.05, 4.69) is 56.2 Å². The average molecular weight is 429 g/mol. The van der Waals surface area contributed by atoms with E-state index in [0.717, 1.165) is 52.1 Å². The first-order valence-electron chi connectivity index (χ1n) is 12.1. The van der Waals surface area contributed by atoms with Gasteiger partial charge in [-0.3, -0.25) is 4.79 Å². The van der Waals surface area contributed by atoms with E-state index < -0.39 is 0 Å². The van der Waals surface area contributed by atoms with Crippen molar-refractivity contribution in [3.8, 4) is 0 Å². The van der Waals surface area contributed by atoms with Crippen molar-refractivity contribution >= 4 is 46.3 Å². The Morgan fingerprint density at radius 3 is 2.50 bits per heavy atom. The van der Waals surface area contributed by atoms with Crippen molar-refractivity contribution in [1.82, 2.24) is 9.97 Å². The molecule has 2 aliphatic carbocycles. The van der Waals surface area contributed by atoms with Gasteiger partial charge in [-0.2, -0.15) is 0 Å². The van der Waals surface area contributed by atoms with Crippen LogP contribution in [-0.2, 0) is 4.65 Å². The molecule has 3 fully saturated rings. The molecule has 0 unspecified atom stereocenters. The predicted octanol–water partition coefficient (Wildman–Crippen LogP) is 5.16. The van der Waals surface area contributed by atoms with Gasteiger partial charge in [-0.05, 0) is 74.6 Å². The Kier molecular flexibility index (Phi) is 4.33. The average Bonchev–Trinajstić information content (AvgIpc) is 3.67. The molecule has 1 aliphatic heterocycles. The van der Waals surface area contributed by atoms with Crippen LogP contribution in [0.4, 0.5) is 5.82 Å². The van der Waals surface area contributed by atoms with E-state index in [1.54, 1.807) is 6.20 Å². The second-order valence-electron chi connectivity index (χ2n) is 11.4. The highest BCUT2D eigenvalue weighted by Crippen LogP contribution is 2.47. The van der Waals surface area contributed by atoms with Crippen LogP contribution in [0, 0.1) is 17.3 Å². The van der Waals surface area contributed by atoms with Crippen molar-refractivity contribution in [2.75, 3.05) is 5.32 Å². The highest BCUT2D eigenvalue weighted by atomic mass is 16.5. The summed E-state index contributed by atoms with van der Waals surface area (Å²) in [6.45, 7) is 9.01.